The fourth-order valence-corrected chi connectivity index (χ4v) is 2.91. The van der Waals surface area contributed by atoms with Crippen LogP contribution in [0.4, 0.5) is 4.79 Å². The summed E-state index contributed by atoms with van der Waals surface area (Å²) in [5, 5.41) is 7.03. The Bertz CT molecular complexity index is 349. The molecule has 0 aliphatic carbocycles. The number of ether oxygens (including phenoxy) is 2. The third-order valence-electron chi connectivity index (χ3n) is 4.07. The van der Waals surface area contributed by atoms with Gasteiger partial charge in [0.05, 0.1) is 19.3 Å². The monoisotopic (exact) mass is 313 g/mol. The van der Waals surface area contributed by atoms with Gasteiger partial charge in [-0.1, -0.05) is 0 Å². The van der Waals surface area contributed by atoms with Crippen LogP contribution < -0.4 is 10.6 Å². The summed E-state index contributed by atoms with van der Waals surface area (Å²) in [7, 11) is 0. The van der Waals surface area contributed by atoms with Gasteiger partial charge in [-0.05, 0) is 53.1 Å². The number of rotatable bonds is 3. The quantitative estimate of drug-likeness (QED) is 0.823. The fourth-order valence-electron chi connectivity index (χ4n) is 2.91. The lowest BCUT2D eigenvalue weighted by atomic mass is 10.1. The Morgan fingerprint density at radius 2 is 2.18 bits per heavy atom. The number of hydrogen-bond acceptors (Lipinski definition) is 5. The summed E-state index contributed by atoms with van der Waals surface area (Å²) >= 11 is 0. The molecular weight excluding hydrogens is 282 g/mol. The molecule has 22 heavy (non-hydrogen) atoms. The summed E-state index contributed by atoms with van der Waals surface area (Å²) in [6.45, 7) is 10.4. The molecule has 128 valence electrons. The zero-order chi connectivity index (χ0) is 16.0. The molecular formula is C16H31N3O3. The van der Waals surface area contributed by atoms with Crippen LogP contribution in [0.5, 0.6) is 0 Å². The molecule has 2 heterocycles. The van der Waals surface area contributed by atoms with Crippen molar-refractivity contribution in [3.05, 3.63) is 0 Å². The van der Waals surface area contributed by atoms with Gasteiger partial charge in [0, 0.05) is 19.1 Å². The molecule has 2 atom stereocenters. The average molecular weight is 313 g/mol. The summed E-state index contributed by atoms with van der Waals surface area (Å²) in [5.41, 5.74) is -0.458. The Labute approximate surface area is 133 Å². The molecule has 0 saturated carbocycles. The number of carbonyl (C=O) groups excluding carboxylic acids is 1. The third kappa shape index (κ3) is 5.74. The summed E-state index contributed by atoms with van der Waals surface area (Å²) < 4.78 is 11.1. The fraction of sp³-hybridized carbons (Fsp3) is 0.938. The molecule has 0 aromatic carbocycles. The van der Waals surface area contributed by atoms with E-state index in [0.717, 1.165) is 26.1 Å². The lowest BCUT2D eigenvalue weighted by molar-refractivity contribution is -0.0322. The molecule has 2 N–H and O–H groups in total. The van der Waals surface area contributed by atoms with E-state index < -0.39 is 5.60 Å². The van der Waals surface area contributed by atoms with Crippen LogP contribution >= 0.6 is 0 Å². The van der Waals surface area contributed by atoms with Crippen LogP contribution in [-0.2, 0) is 9.47 Å². The highest BCUT2D eigenvalue weighted by atomic mass is 16.6. The van der Waals surface area contributed by atoms with E-state index in [4.69, 9.17) is 9.47 Å². The van der Waals surface area contributed by atoms with Crippen LogP contribution in [0.2, 0.25) is 0 Å². The first-order valence-electron chi connectivity index (χ1n) is 8.47. The van der Waals surface area contributed by atoms with Crippen molar-refractivity contribution in [2.24, 2.45) is 0 Å². The Balaban J connectivity index is 1.84. The van der Waals surface area contributed by atoms with Crippen LogP contribution in [0.25, 0.3) is 0 Å². The molecule has 0 radical (unpaired) electrons. The summed E-state index contributed by atoms with van der Waals surface area (Å²) in [4.78, 5) is 14.2. The van der Waals surface area contributed by atoms with Crippen molar-refractivity contribution >= 4 is 6.09 Å². The molecule has 6 nitrogen and oxygen atoms in total. The van der Waals surface area contributed by atoms with Crippen LogP contribution in [0.15, 0.2) is 0 Å². The number of hydrogen-bond donors (Lipinski definition) is 2. The second-order valence-corrected chi connectivity index (χ2v) is 7.19. The highest BCUT2D eigenvalue weighted by Crippen LogP contribution is 2.15. The van der Waals surface area contributed by atoms with Gasteiger partial charge >= 0.3 is 6.09 Å². The van der Waals surface area contributed by atoms with E-state index in [0.29, 0.717) is 25.8 Å². The molecule has 2 rings (SSSR count). The van der Waals surface area contributed by atoms with Crippen molar-refractivity contribution in [2.75, 3.05) is 39.4 Å². The topological polar surface area (TPSA) is 62.8 Å². The summed E-state index contributed by atoms with van der Waals surface area (Å²) in [6.07, 6.45) is 3.30. The predicted octanol–water partition coefficient (Wildman–Crippen LogP) is 1.35. The molecule has 0 aromatic rings. The molecule has 2 saturated heterocycles. The molecule has 2 unspecified atom stereocenters. The lowest BCUT2D eigenvalue weighted by Gasteiger charge is -2.37. The maximum Gasteiger partial charge on any atom is 0.410 e. The van der Waals surface area contributed by atoms with E-state index in [1.54, 1.807) is 0 Å². The van der Waals surface area contributed by atoms with Gasteiger partial charge in [0.2, 0.25) is 0 Å². The van der Waals surface area contributed by atoms with Gasteiger partial charge in [-0.25, -0.2) is 4.79 Å². The maximum absolute atomic E-state index is 12.3. The molecule has 0 bridgehead atoms. The zero-order valence-corrected chi connectivity index (χ0v) is 14.2. The highest BCUT2D eigenvalue weighted by molar-refractivity contribution is 5.68. The van der Waals surface area contributed by atoms with Crippen LogP contribution in [-0.4, -0.2) is 68.1 Å². The first-order valence-corrected chi connectivity index (χ1v) is 8.47. The van der Waals surface area contributed by atoms with E-state index >= 15 is 0 Å². The molecule has 2 aliphatic rings. The first-order chi connectivity index (χ1) is 10.5. The SMILES string of the molecule is CC(C)(C)OC(=O)N1CCOCC1CNC1CCCNCC1. The summed E-state index contributed by atoms with van der Waals surface area (Å²) in [5.74, 6) is 0. The predicted molar refractivity (Wildman–Crippen MR) is 86.1 cm³/mol. The second-order valence-electron chi connectivity index (χ2n) is 7.19. The van der Waals surface area contributed by atoms with Gasteiger partial charge in [0.25, 0.3) is 0 Å². The molecule has 0 aromatic heterocycles. The number of carbonyl (C=O) groups is 1. The van der Waals surface area contributed by atoms with E-state index in [1.165, 1.54) is 12.8 Å². The largest absolute Gasteiger partial charge is 0.444 e. The van der Waals surface area contributed by atoms with Gasteiger partial charge in [0.1, 0.15) is 5.60 Å². The number of nitrogens with one attached hydrogen (secondary N) is 2. The first kappa shape index (κ1) is 17.5. The molecule has 0 spiro atoms. The normalized spacial score (nSPS) is 27.3. The minimum absolute atomic E-state index is 0.0554. The van der Waals surface area contributed by atoms with Crippen molar-refractivity contribution in [1.29, 1.82) is 0 Å². The van der Waals surface area contributed by atoms with Gasteiger partial charge in [-0.3, -0.25) is 4.90 Å². The van der Waals surface area contributed by atoms with Crippen molar-refractivity contribution in [3.63, 3.8) is 0 Å². The maximum atomic E-state index is 12.3. The molecule has 2 fully saturated rings. The number of amides is 1. The van der Waals surface area contributed by atoms with E-state index in [1.807, 2.05) is 25.7 Å². The van der Waals surface area contributed by atoms with Crippen molar-refractivity contribution < 1.29 is 14.3 Å². The Kier molecular flexibility index (Phi) is 6.47. The zero-order valence-electron chi connectivity index (χ0n) is 14.2. The van der Waals surface area contributed by atoms with Gasteiger partial charge in [-0.2, -0.15) is 0 Å². The standard InChI is InChI=1S/C16H31N3O3/c1-16(2,3)22-15(20)19-9-10-21-12-14(19)11-18-13-5-4-7-17-8-6-13/h13-14,17-18H,4-12H2,1-3H3. The Morgan fingerprint density at radius 3 is 2.95 bits per heavy atom. The molecule has 1 amide bonds. The minimum atomic E-state index is -0.458. The number of morpholine rings is 1. The van der Waals surface area contributed by atoms with Crippen LogP contribution in [0, 0.1) is 0 Å². The van der Waals surface area contributed by atoms with Crippen molar-refractivity contribution in [3.8, 4) is 0 Å². The Morgan fingerprint density at radius 1 is 1.36 bits per heavy atom. The average Bonchev–Trinajstić information content (AvgIpc) is 2.72. The van der Waals surface area contributed by atoms with E-state index in [-0.39, 0.29) is 12.1 Å². The Hall–Kier alpha value is -0.850. The lowest BCUT2D eigenvalue weighted by Crippen LogP contribution is -2.55. The smallest absolute Gasteiger partial charge is 0.410 e. The van der Waals surface area contributed by atoms with Crippen molar-refractivity contribution in [1.82, 2.24) is 15.5 Å². The second kappa shape index (κ2) is 8.13. The van der Waals surface area contributed by atoms with Gasteiger partial charge in [0.15, 0.2) is 0 Å². The summed E-state index contributed by atoms with van der Waals surface area (Å²) in [6, 6.07) is 0.581. The van der Waals surface area contributed by atoms with Gasteiger partial charge < -0.3 is 20.1 Å². The third-order valence-corrected chi connectivity index (χ3v) is 4.07. The van der Waals surface area contributed by atoms with Crippen LogP contribution in [0.1, 0.15) is 40.0 Å². The minimum Gasteiger partial charge on any atom is -0.444 e. The van der Waals surface area contributed by atoms with E-state index in [9.17, 15) is 4.79 Å². The van der Waals surface area contributed by atoms with Crippen LogP contribution in [0.3, 0.4) is 0 Å². The van der Waals surface area contributed by atoms with Crippen molar-refractivity contribution in [2.45, 2.75) is 57.7 Å². The van der Waals surface area contributed by atoms with Gasteiger partial charge in [-0.15, -0.1) is 0 Å². The molecule has 2 aliphatic heterocycles. The number of nitrogens with zero attached hydrogens (tertiary/aromatic N) is 1. The van der Waals surface area contributed by atoms with E-state index in [2.05, 4.69) is 10.6 Å². The highest BCUT2D eigenvalue weighted by Gasteiger charge is 2.31. The molecule has 6 heteroatoms.